The minimum Gasteiger partial charge on any atom is -0.286 e. The van der Waals surface area contributed by atoms with E-state index >= 15 is 0 Å². The number of hydrogen-bond acceptors (Lipinski definition) is 4. The van der Waals surface area contributed by atoms with E-state index in [-0.39, 0.29) is 4.90 Å². The fraction of sp³-hybridized carbons (Fsp3) is 0. The Bertz CT molecular complexity index is 909. The molecule has 0 spiro atoms. The normalized spacial score (nSPS) is 11.7. The molecule has 0 radical (unpaired) electrons. The Kier molecular flexibility index (Phi) is 3.60. The van der Waals surface area contributed by atoms with Crippen molar-refractivity contribution < 1.29 is 8.42 Å². The molecule has 0 saturated heterocycles. The van der Waals surface area contributed by atoms with Gasteiger partial charge in [-0.3, -0.25) is 9.12 Å². The van der Waals surface area contributed by atoms with Crippen LogP contribution in [-0.4, -0.2) is 23.0 Å². The third-order valence-electron chi connectivity index (χ3n) is 2.73. The van der Waals surface area contributed by atoms with E-state index < -0.39 is 10.0 Å². The van der Waals surface area contributed by atoms with Crippen LogP contribution in [0.5, 0.6) is 0 Å². The number of aromatic nitrogens is 3. The number of halogens is 2. The highest BCUT2D eigenvalue weighted by Crippen LogP contribution is 2.24. The number of nitrogens with zero attached hydrogens (tertiary/aromatic N) is 3. The minimum absolute atomic E-state index is 0.115. The molecule has 0 unspecified atom stereocenters. The fourth-order valence-electron chi connectivity index (χ4n) is 1.80. The van der Waals surface area contributed by atoms with Crippen LogP contribution in [0.15, 0.2) is 52.2 Å². The summed E-state index contributed by atoms with van der Waals surface area (Å²) in [5.74, 6) is 0. The van der Waals surface area contributed by atoms with Gasteiger partial charge in [0, 0.05) is 15.7 Å². The van der Waals surface area contributed by atoms with E-state index in [1.54, 1.807) is 16.7 Å². The molecule has 108 valence electrons. The van der Waals surface area contributed by atoms with Gasteiger partial charge in [-0.25, -0.2) is 8.42 Å². The van der Waals surface area contributed by atoms with Crippen molar-refractivity contribution in [3.05, 3.63) is 52.4 Å². The molecule has 0 aliphatic heterocycles. The number of pyridine rings is 1. The Hall–Kier alpha value is -1.64. The molecule has 2 aromatic heterocycles. The second kappa shape index (κ2) is 5.28. The molecule has 2 heterocycles. The molecule has 0 aliphatic carbocycles. The van der Waals surface area contributed by atoms with Crippen molar-refractivity contribution in [1.82, 2.24) is 14.6 Å². The monoisotopic (exact) mass is 386 g/mol. The van der Waals surface area contributed by atoms with E-state index in [4.69, 9.17) is 11.6 Å². The molecular weight excluding hydrogens is 380 g/mol. The van der Waals surface area contributed by atoms with Gasteiger partial charge in [0.2, 0.25) is 0 Å². The number of hydrogen-bond donors (Lipinski definition) is 1. The summed E-state index contributed by atoms with van der Waals surface area (Å²) in [4.78, 5) is 0.115. The predicted molar refractivity (Wildman–Crippen MR) is 82.9 cm³/mol. The van der Waals surface area contributed by atoms with E-state index in [0.717, 1.165) is 0 Å². The number of nitrogens with one attached hydrogen (secondary N) is 1. The maximum Gasteiger partial charge on any atom is 0.262 e. The zero-order valence-corrected chi connectivity index (χ0v) is 13.5. The van der Waals surface area contributed by atoms with Crippen LogP contribution in [0.1, 0.15) is 0 Å². The van der Waals surface area contributed by atoms with Crippen LogP contribution in [0.25, 0.3) is 5.65 Å². The Morgan fingerprint density at radius 2 is 1.95 bits per heavy atom. The van der Waals surface area contributed by atoms with Crippen LogP contribution in [0, 0.1) is 0 Å². The van der Waals surface area contributed by atoms with Gasteiger partial charge >= 0.3 is 0 Å². The van der Waals surface area contributed by atoms with Gasteiger partial charge in [0.15, 0.2) is 5.65 Å². The number of sulfonamides is 1. The highest BCUT2D eigenvalue weighted by atomic mass is 79.9. The smallest absolute Gasteiger partial charge is 0.262 e. The summed E-state index contributed by atoms with van der Waals surface area (Å²) in [6, 6.07) is 7.53. The molecule has 0 saturated carbocycles. The van der Waals surface area contributed by atoms with Gasteiger partial charge in [0.1, 0.15) is 6.33 Å². The lowest BCUT2D eigenvalue weighted by Gasteiger charge is -2.09. The Labute approximate surface area is 133 Å². The van der Waals surface area contributed by atoms with E-state index in [0.29, 0.717) is 20.8 Å². The highest BCUT2D eigenvalue weighted by Gasteiger charge is 2.17. The molecule has 1 N–H and O–H groups in total. The predicted octanol–water partition coefficient (Wildman–Crippen LogP) is 2.95. The zero-order chi connectivity index (χ0) is 15.0. The lowest BCUT2D eigenvalue weighted by molar-refractivity contribution is 0.601. The highest BCUT2D eigenvalue weighted by molar-refractivity contribution is 9.10. The fourth-order valence-corrected chi connectivity index (χ4v) is 3.42. The number of fused-ring (bicyclic) bond motifs is 1. The van der Waals surface area contributed by atoms with Crippen molar-refractivity contribution in [3.63, 3.8) is 0 Å². The number of anilines is 1. The van der Waals surface area contributed by atoms with Gasteiger partial charge in [0.25, 0.3) is 10.0 Å². The molecule has 3 aromatic rings. The quantitative estimate of drug-likeness (QED) is 0.749. The van der Waals surface area contributed by atoms with Crippen LogP contribution in [0.3, 0.4) is 0 Å². The van der Waals surface area contributed by atoms with E-state index in [2.05, 4.69) is 30.8 Å². The average Bonchev–Trinajstić information content (AvgIpc) is 2.87. The van der Waals surface area contributed by atoms with E-state index in [1.165, 1.54) is 30.6 Å². The third kappa shape index (κ3) is 2.87. The van der Waals surface area contributed by atoms with Gasteiger partial charge in [0.05, 0.1) is 10.6 Å². The first-order chi connectivity index (χ1) is 9.95. The minimum atomic E-state index is -3.73. The SMILES string of the molecule is O=S(=O)(Nc1cc(Br)cn2cnnc12)c1ccc(Cl)cc1. The standard InChI is InChI=1S/C12H8BrClN4O2S/c13-8-5-11(12-16-15-7-18(12)6-8)17-21(19,20)10-3-1-9(14)2-4-10/h1-7,17H. The van der Waals surface area contributed by atoms with Gasteiger partial charge < -0.3 is 0 Å². The third-order valence-corrected chi connectivity index (χ3v) is 4.79. The second-order valence-electron chi connectivity index (χ2n) is 4.19. The molecule has 9 heteroatoms. The summed E-state index contributed by atoms with van der Waals surface area (Å²) in [6.45, 7) is 0. The van der Waals surface area contributed by atoms with Gasteiger partial charge in [-0.2, -0.15) is 0 Å². The summed E-state index contributed by atoms with van der Waals surface area (Å²) in [6.07, 6.45) is 3.22. The summed E-state index contributed by atoms with van der Waals surface area (Å²) in [7, 11) is -3.73. The first-order valence-electron chi connectivity index (χ1n) is 5.73. The Balaban J connectivity index is 2.05. The molecule has 0 bridgehead atoms. The molecular formula is C12H8BrClN4O2S. The molecule has 1 aromatic carbocycles. The van der Waals surface area contributed by atoms with Crippen molar-refractivity contribution in [2.45, 2.75) is 4.90 Å². The molecule has 0 atom stereocenters. The van der Waals surface area contributed by atoms with Crippen molar-refractivity contribution >= 4 is 48.9 Å². The average molecular weight is 388 g/mol. The topological polar surface area (TPSA) is 76.4 Å². The van der Waals surface area contributed by atoms with Gasteiger partial charge in [-0.15, -0.1) is 10.2 Å². The molecule has 21 heavy (non-hydrogen) atoms. The molecule has 0 fully saturated rings. The lowest BCUT2D eigenvalue weighted by Crippen LogP contribution is -2.13. The van der Waals surface area contributed by atoms with Crippen LogP contribution >= 0.6 is 27.5 Å². The maximum absolute atomic E-state index is 12.4. The van der Waals surface area contributed by atoms with Gasteiger partial charge in [-0.05, 0) is 46.3 Å². The van der Waals surface area contributed by atoms with Crippen LogP contribution in [0.4, 0.5) is 5.69 Å². The van der Waals surface area contributed by atoms with Crippen molar-refractivity contribution in [3.8, 4) is 0 Å². The number of rotatable bonds is 3. The van der Waals surface area contributed by atoms with Crippen molar-refractivity contribution in [1.29, 1.82) is 0 Å². The summed E-state index contributed by atoms with van der Waals surface area (Å²) < 4.78 is 29.5. The maximum atomic E-state index is 12.4. The van der Waals surface area contributed by atoms with Crippen molar-refractivity contribution in [2.24, 2.45) is 0 Å². The Morgan fingerprint density at radius 1 is 1.24 bits per heavy atom. The molecule has 6 nitrogen and oxygen atoms in total. The van der Waals surface area contributed by atoms with E-state index in [9.17, 15) is 8.42 Å². The zero-order valence-electron chi connectivity index (χ0n) is 10.4. The van der Waals surface area contributed by atoms with Gasteiger partial charge in [-0.1, -0.05) is 11.6 Å². The largest absolute Gasteiger partial charge is 0.286 e. The first-order valence-corrected chi connectivity index (χ1v) is 8.38. The van der Waals surface area contributed by atoms with Crippen LogP contribution in [0.2, 0.25) is 5.02 Å². The number of benzene rings is 1. The van der Waals surface area contributed by atoms with Crippen LogP contribution in [-0.2, 0) is 10.0 Å². The molecule has 0 aliphatic rings. The lowest BCUT2D eigenvalue weighted by atomic mass is 10.4. The summed E-state index contributed by atoms with van der Waals surface area (Å²) in [5.41, 5.74) is 0.743. The first kappa shape index (κ1) is 14.3. The summed E-state index contributed by atoms with van der Waals surface area (Å²) in [5, 5.41) is 8.12. The molecule has 3 rings (SSSR count). The molecule has 0 amide bonds. The van der Waals surface area contributed by atoms with Crippen molar-refractivity contribution in [2.75, 3.05) is 4.72 Å². The van der Waals surface area contributed by atoms with E-state index in [1.807, 2.05) is 0 Å². The second-order valence-corrected chi connectivity index (χ2v) is 7.23. The van der Waals surface area contributed by atoms with Crippen LogP contribution < -0.4 is 4.72 Å². The summed E-state index contributed by atoms with van der Waals surface area (Å²) >= 11 is 9.08. The Morgan fingerprint density at radius 3 is 2.67 bits per heavy atom.